The first-order valence-electron chi connectivity index (χ1n) is 8.02. The molecule has 0 spiro atoms. The Kier molecular flexibility index (Phi) is 3.56. The number of nitrogens with zero attached hydrogens (tertiary/aromatic N) is 2. The second kappa shape index (κ2) is 5.13. The highest BCUT2D eigenvalue weighted by Crippen LogP contribution is 2.40. The molecule has 2 fully saturated rings. The Bertz CT molecular complexity index is 520. The Labute approximate surface area is 127 Å². The maximum absolute atomic E-state index is 11.3. The number of aldehydes is 1. The van der Waals surface area contributed by atoms with E-state index >= 15 is 0 Å². The predicted molar refractivity (Wildman–Crippen MR) is 87.0 cm³/mol. The third-order valence-corrected chi connectivity index (χ3v) is 4.94. The first-order chi connectivity index (χ1) is 9.96. The van der Waals surface area contributed by atoms with Crippen molar-refractivity contribution < 1.29 is 4.79 Å². The first-order valence-corrected chi connectivity index (χ1v) is 8.02. The van der Waals surface area contributed by atoms with Gasteiger partial charge in [0, 0.05) is 31.9 Å². The molecule has 1 aliphatic heterocycles. The van der Waals surface area contributed by atoms with Gasteiger partial charge in [0.15, 0.2) is 0 Å². The highest BCUT2D eigenvalue weighted by Gasteiger charge is 2.48. The van der Waals surface area contributed by atoms with E-state index in [2.05, 4.69) is 54.8 Å². The van der Waals surface area contributed by atoms with Gasteiger partial charge in [-0.15, -0.1) is 0 Å². The Morgan fingerprint density at radius 3 is 2.19 bits per heavy atom. The molecule has 1 aromatic carbocycles. The van der Waals surface area contributed by atoms with Crippen molar-refractivity contribution in [2.75, 3.05) is 31.1 Å². The summed E-state index contributed by atoms with van der Waals surface area (Å²) in [4.78, 5) is 16.1. The summed E-state index contributed by atoms with van der Waals surface area (Å²) < 4.78 is 0. The molecule has 1 aliphatic carbocycles. The van der Waals surface area contributed by atoms with Crippen LogP contribution in [0, 0.1) is 0 Å². The molecule has 21 heavy (non-hydrogen) atoms. The van der Waals surface area contributed by atoms with Crippen LogP contribution in [0.1, 0.15) is 39.2 Å². The van der Waals surface area contributed by atoms with Crippen LogP contribution in [0.15, 0.2) is 24.3 Å². The molecule has 1 heterocycles. The SMILES string of the molecule is CC(C)(C)c1ccccc1N1CCN(C2(C=O)CC2)CC1. The fourth-order valence-corrected chi connectivity index (χ4v) is 3.41. The van der Waals surface area contributed by atoms with Crippen molar-refractivity contribution >= 4 is 12.0 Å². The monoisotopic (exact) mass is 286 g/mol. The normalized spacial score (nSPS) is 22.1. The van der Waals surface area contributed by atoms with E-state index in [1.54, 1.807) is 0 Å². The Morgan fingerprint density at radius 2 is 1.67 bits per heavy atom. The molecule has 0 aromatic heterocycles. The molecule has 2 aliphatic rings. The van der Waals surface area contributed by atoms with Gasteiger partial charge >= 0.3 is 0 Å². The molecule has 3 heteroatoms. The fraction of sp³-hybridized carbons (Fsp3) is 0.611. The molecule has 1 saturated carbocycles. The quantitative estimate of drug-likeness (QED) is 0.798. The summed E-state index contributed by atoms with van der Waals surface area (Å²) in [6, 6.07) is 8.75. The second-order valence-corrected chi connectivity index (χ2v) is 7.46. The van der Waals surface area contributed by atoms with Crippen molar-refractivity contribution in [1.29, 1.82) is 0 Å². The molecule has 0 radical (unpaired) electrons. The van der Waals surface area contributed by atoms with Crippen LogP contribution in [-0.4, -0.2) is 42.9 Å². The summed E-state index contributed by atoms with van der Waals surface area (Å²) in [7, 11) is 0. The highest BCUT2D eigenvalue weighted by molar-refractivity contribution is 5.69. The van der Waals surface area contributed by atoms with Gasteiger partial charge in [0.1, 0.15) is 6.29 Å². The number of benzene rings is 1. The van der Waals surface area contributed by atoms with E-state index in [4.69, 9.17) is 0 Å². The maximum atomic E-state index is 11.3. The summed E-state index contributed by atoms with van der Waals surface area (Å²) in [6.45, 7) is 10.8. The highest BCUT2D eigenvalue weighted by atomic mass is 16.1. The van der Waals surface area contributed by atoms with Crippen molar-refractivity contribution in [3.05, 3.63) is 29.8 Å². The summed E-state index contributed by atoms with van der Waals surface area (Å²) in [5.41, 5.74) is 2.83. The summed E-state index contributed by atoms with van der Waals surface area (Å²) in [6.07, 6.45) is 3.27. The molecule has 0 unspecified atom stereocenters. The largest absolute Gasteiger partial charge is 0.369 e. The number of hydrogen-bond donors (Lipinski definition) is 0. The lowest BCUT2D eigenvalue weighted by Gasteiger charge is -2.40. The Balaban J connectivity index is 1.74. The van der Waals surface area contributed by atoms with Crippen molar-refractivity contribution in [2.45, 2.75) is 44.6 Å². The lowest BCUT2D eigenvalue weighted by atomic mass is 9.85. The van der Waals surface area contributed by atoms with Crippen molar-refractivity contribution in [3.63, 3.8) is 0 Å². The van der Waals surface area contributed by atoms with Gasteiger partial charge in [-0.1, -0.05) is 39.0 Å². The molecule has 0 amide bonds. The molecule has 0 atom stereocenters. The van der Waals surface area contributed by atoms with Crippen LogP contribution in [0.25, 0.3) is 0 Å². The third-order valence-electron chi connectivity index (χ3n) is 4.94. The minimum atomic E-state index is -0.102. The third kappa shape index (κ3) is 2.71. The van der Waals surface area contributed by atoms with Gasteiger partial charge in [0.05, 0.1) is 5.54 Å². The van der Waals surface area contributed by atoms with Crippen LogP contribution >= 0.6 is 0 Å². The van der Waals surface area contributed by atoms with Crippen molar-refractivity contribution in [2.24, 2.45) is 0 Å². The molecule has 3 rings (SSSR count). The smallest absolute Gasteiger partial charge is 0.140 e. The van der Waals surface area contributed by atoms with E-state index in [9.17, 15) is 4.79 Å². The van der Waals surface area contributed by atoms with Crippen LogP contribution in [0.2, 0.25) is 0 Å². The van der Waals surface area contributed by atoms with Crippen LogP contribution in [-0.2, 0) is 10.2 Å². The van der Waals surface area contributed by atoms with Crippen LogP contribution in [0.3, 0.4) is 0 Å². The van der Waals surface area contributed by atoms with Crippen LogP contribution in [0.4, 0.5) is 5.69 Å². The maximum Gasteiger partial charge on any atom is 0.140 e. The minimum absolute atomic E-state index is 0.102. The summed E-state index contributed by atoms with van der Waals surface area (Å²) >= 11 is 0. The fourth-order valence-electron chi connectivity index (χ4n) is 3.41. The van der Waals surface area contributed by atoms with Crippen molar-refractivity contribution in [1.82, 2.24) is 4.90 Å². The van der Waals surface area contributed by atoms with Gasteiger partial charge in [0.2, 0.25) is 0 Å². The number of para-hydroxylation sites is 1. The molecule has 0 N–H and O–H groups in total. The summed E-state index contributed by atoms with van der Waals surface area (Å²) in [5, 5.41) is 0. The topological polar surface area (TPSA) is 23.6 Å². The lowest BCUT2D eigenvalue weighted by Crippen LogP contribution is -2.52. The van der Waals surface area contributed by atoms with Gasteiger partial charge in [-0.3, -0.25) is 4.90 Å². The van der Waals surface area contributed by atoms with Crippen LogP contribution < -0.4 is 4.90 Å². The summed E-state index contributed by atoms with van der Waals surface area (Å²) in [5.74, 6) is 0. The number of hydrogen-bond acceptors (Lipinski definition) is 3. The van der Waals surface area contributed by atoms with Crippen LogP contribution in [0.5, 0.6) is 0 Å². The first kappa shape index (κ1) is 14.6. The molecule has 3 nitrogen and oxygen atoms in total. The zero-order valence-electron chi connectivity index (χ0n) is 13.4. The number of piperazine rings is 1. The average molecular weight is 286 g/mol. The van der Waals surface area contributed by atoms with Gasteiger partial charge in [0.25, 0.3) is 0 Å². The van der Waals surface area contributed by atoms with E-state index in [0.29, 0.717) is 0 Å². The van der Waals surface area contributed by atoms with Gasteiger partial charge in [-0.2, -0.15) is 0 Å². The van der Waals surface area contributed by atoms with E-state index < -0.39 is 0 Å². The van der Waals surface area contributed by atoms with Crippen molar-refractivity contribution in [3.8, 4) is 0 Å². The predicted octanol–water partition coefficient (Wildman–Crippen LogP) is 2.84. The lowest BCUT2D eigenvalue weighted by molar-refractivity contribution is -0.113. The molecule has 114 valence electrons. The number of rotatable bonds is 3. The standard InChI is InChI=1S/C18H26N2O/c1-17(2,3)15-6-4-5-7-16(15)19-10-12-20(13-11-19)18(14-21)8-9-18/h4-7,14H,8-13H2,1-3H3. The molecule has 1 saturated heterocycles. The van der Waals surface area contributed by atoms with E-state index in [1.165, 1.54) is 17.5 Å². The van der Waals surface area contributed by atoms with Gasteiger partial charge in [-0.25, -0.2) is 0 Å². The number of carbonyl (C=O) groups is 1. The Hall–Kier alpha value is -1.35. The second-order valence-electron chi connectivity index (χ2n) is 7.46. The Morgan fingerprint density at radius 1 is 1.05 bits per heavy atom. The van der Waals surface area contributed by atoms with Gasteiger partial charge < -0.3 is 9.69 Å². The molecular weight excluding hydrogens is 260 g/mol. The van der Waals surface area contributed by atoms with E-state index in [1.807, 2.05) is 0 Å². The number of carbonyl (C=O) groups excluding carboxylic acids is 1. The molecule has 0 bridgehead atoms. The van der Waals surface area contributed by atoms with E-state index in [0.717, 1.165) is 39.0 Å². The molecule has 1 aromatic rings. The number of anilines is 1. The zero-order valence-corrected chi connectivity index (χ0v) is 13.4. The van der Waals surface area contributed by atoms with Gasteiger partial charge in [-0.05, 0) is 29.9 Å². The van der Waals surface area contributed by atoms with E-state index in [-0.39, 0.29) is 11.0 Å². The minimum Gasteiger partial charge on any atom is -0.369 e. The zero-order chi connectivity index (χ0) is 15.1. The average Bonchev–Trinajstić information content (AvgIpc) is 3.28. The molecular formula is C18H26N2O.